The van der Waals surface area contributed by atoms with Crippen LogP contribution < -0.4 is 0 Å². The van der Waals surface area contributed by atoms with Crippen molar-refractivity contribution in [2.45, 2.75) is 25.7 Å². The summed E-state index contributed by atoms with van der Waals surface area (Å²) in [6, 6.07) is 7.99. The fraction of sp³-hybridized carbons (Fsp3) is 0.533. The summed E-state index contributed by atoms with van der Waals surface area (Å²) in [5.74, 6) is 1.15. The summed E-state index contributed by atoms with van der Waals surface area (Å²) in [6.45, 7) is 4.61. The van der Waals surface area contributed by atoms with E-state index < -0.39 is 0 Å². The monoisotopic (exact) mass is 231 g/mol. The second kappa shape index (κ2) is 5.46. The van der Waals surface area contributed by atoms with E-state index in [1.807, 2.05) is 18.2 Å². The number of rotatable bonds is 3. The first-order chi connectivity index (χ1) is 8.22. The SMILES string of the molecule is CC(c1ccccc1C=O)C1CCCN(C)C1. The van der Waals surface area contributed by atoms with Gasteiger partial charge < -0.3 is 4.90 Å². The van der Waals surface area contributed by atoms with Crippen LogP contribution in [0.2, 0.25) is 0 Å². The minimum atomic E-state index is 0.471. The van der Waals surface area contributed by atoms with Crippen LogP contribution in [-0.4, -0.2) is 31.3 Å². The standard InChI is InChI=1S/C15H21NO/c1-12(13-7-5-9-16(2)10-13)15-8-4-3-6-14(15)11-17/h3-4,6,8,11-13H,5,7,9-10H2,1-2H3. The van der Waals surface area contributed by atoms with Gasteiger partial charge in [0.1, 0.15) is 6.29 Å². The van der Waals surface area contributed by atoms with Gasteiger partial charge in [-0.1, -0.05) is 31.2 Å². The zero-order chi connectivity index (χ0) is 12.3. The molecular weight excluding hydrogens is 210 g/mol. The zero-order valence-electron chi connectivity index (χ0n) is 10.7. The average molecular weight is 231 g/mol. The fourth-order valence-electron chi connectivity index (χ4n) is 2.90. The Labute approximate surface area is 104 Å². The molecule has 0 amide bonds. The molecule has 2 rings (SSSR count). The van der Waals surface area contributed by atoms with Crippen molar-refractivity contribution in [1.82, 2.24) is 4.90 Å². The minimum absolute atomic E-state index is 0.471. The lowest BCUT2D eigenvalue weighted by atomic mass is 9.81. The lowest BCUT2D eigenvalue weighted by Crippen LogP contribution is -2.34. The van der Waals surface area contributed by atoms with Gasteiger partial charge in [0.15, 0.2) is 0 Å². The van der Waals surface area contributed by atoms with Crippen molar-refractivity contribution < 1.29 is 4.79 Å². The molecule has 0 radical (unpaired) electrons. The topological polar surface area (TPSA) is 20.3 Å². The summed E-state index contributed by atoms with van der Waals surface area (Å²) < 4.78 is 0. The van der Waals surface area contributed by atoms with E-state index in [4.69, 9.17) is 0 Å². The highest BCUT2D eigenvalue weighted by molar-refractivity contribution is 5.77. The van der Waals surface area contributed by atoms with Crippen molar-refractivity contribution in [3.8, 4) is 0 Å². The molecule has 0 bridgehead atoms. The molecule has 1 aliphatic heterocycles. The fourth-order valence-corrected chi connectivity index (χ4v) is 2.90. The summed E-state index contributed by atoms with van der Waals surface area (Å²) in [4.78, 5) is 13.5. The molecule has 17 heavy (non-hydrogen) atoms. The Bertz CT molecular complexity index is 388. The number of piperidine rings is 1. The van der Waals surface area contributed by atoms with E-state index in [1.54, 1.807) is 0 Å². The smallest absolute Gasteiger partial charge is 0.150 e. The summed E-state index contributed by atoms with van der Waals surface area (Å²) in [5, 5.41) is 0. The van der Waals surface area contributed by atoms with Crippen LogP contribution in [0.4, 0.5) is 0 Å². The van der Waals surface area contributed by atoms with Crippen molar-refractivity contribution in [1.29, 1.82) is 0 Å². The number of carbonyl (C=O) groups is 1. The molecule has 1 fully saturated rings. The third-order valence-corrected chi connectivity index (χ3v) is 3.98. The Kier molecular flexibility index (Phi) is 3.95. The van der Waals surface area contributed by atoms with E-state index in [-0.39, 0.29) is 0 Å². The molecule has 1 saturated heterocycles. The Balaban J connectivity index is 2.18. The summed E-state index contributed by atoms with van der Waals surface area (Å²) >= 11 is 0. The average Bonchev–Trinajstić information content (AvgIpc) is 2.38. The molecule has 1 aromatic rings. The Morgan fingerprint density at radius 1 is 1.41 bits per heavy atom. The van der Waals surface area contributed by atoms with Crippen LogP contribution in [0.15, 0.2) is 24.3 Å². The number of hydrogen-bond acceptors (Lipinski definition) is 2. The first kappa shape index (κ1) is 12.3. The van der Waals surface area contributed by atoms with Crippen molar-refractivity contribution in [2.24, 2.45) is 5.92 Å². The lowest BCUT2D eigenvalue weighted by Gasteiger charge is -2.34. The highest BCUT2D eigenvalue weighted by atomic mass is 16.1. The normalized spacial score (nSPS) is 23.3. The summed E-state index contributed by atoms with van der Waals surface area (Å²) in [6.07, 6.45) is 3.53. The van der Waals surface area contributed by atoms with Crippen LogP contribution in [0.3, 0.4) is 0 Å². The van der Waals surface area contributed by atoms with Gasteiger partial charge in [-0.05, 0) is 43.8 Å². The van der Waals surface area contributed by atoms with Crippen LogP contribution in [0.5, 0.6) is 0 Å². The summed E-state index contributed by atoms with van der Waals surface area (Å²) in [7, 11) is 2.19. The van der Waals surface area contributed by atoms with Crippen LogP contribution in [-0.2, 0) is 0 Å². The van der Waals surface area contributed by atoms with Gasteiger partial charge in [0.25, 0.3) is 0 Å². The predicted octanol–water partition coefficient (Wildman–Crippen LogP) is 2.94. The molecular formula is C15H21NO. The van der Waals surface area contributed by atoms with E-state index in [0.717, 1.165) is 18.4 Å². The maximum absolute atomic E-state index is 11.1. The number of carbonyl (C=O) groups excluding carboxylic acids is 1. The molecule has 2 heteroatoms. The second-order valence-electron chi connectivity index (χ2n) is 5.20. The number of likely N-dealkylation sites (tertiary alicyclic amines) is 1. The summed E-state index contributed by atoms with van der Waals surface area (Å²) in [5.41, 5.74) is 2.07. The van der Waals surface area contributed by atoms with E-state index in [9.17, 15) is 4.79 Å². The number of nitrogens with zero attached hydrogens (tertiary/aromatic N) is 1. The van der Waals surface area contributed by atoms with E-state index >= 15 is 0 Å². The molecule has 0 aliphatic carbocycles. The van der Waals surface area contributed by atoms with E-state index in [1.165, 1.54) is 24.9 Å². The predicted molar refractivity (Wildman–Crippen MR) is 70.5 cm³/mol. The maximum Gasteiger partial charge on any atom is 0.150 e. The van der Waals surface area contributed by atoms with Gasteiger partial charge in [0.2, 0.25) is 0 Å². The molecule has 0 saturated carbocycles. The molecule has 0 N–H and O–H groups in total. The Morgan fingerprint density at radius 2 is 2.18 bits per heavy atom. The molecule has 1 aliphatic rings. The van der Waals surface area contributed by atoms with Crippen LogP contribution >= 0.6 is 0 Å². The second-order valence-corrected chi connectivity index (χ2v) is 5.20. The largest absolute Gasteiger partial charge is 0.306 e. The molecule has 2 unspecified atom stereocenters. The quantitative estimate of drug-likeness (QED) is 0.745. The van der Waals surface area contributed by atoms with Crippen LogP contribution in [0.25, 0.3) is 0 Å². The van der Waals surface area contributed by atoms with Crippen LogP contribution in [0, 0.1) is 5.92 Å². The molecule has 1 heterocycles. The lowest BCUT2D eigenvalue weighted by molar-refractivity contribution is 0.112. The first-order valence-corrected chi connectivity index (χ1v) is 6.45. The molecule has 92 valence electrons. The van der Waals surface area contributed by atoms with Gasteiger partial charge >= 0.3 is 0 Å². The van der Waals surface area contributed by atoms with Crippen molar-refractivity contribution >= 4 is 6.29 Å². The first-order valence-electron chi connectivity index (χ1n) is 6.45. The van der Waals surface area contributed by atoms with Crippen molar-refractivity contribution in [2.75, 3.05) is 20.1 Å². The van der Waals surface area contributed by atoms with Gasteiger partial charge in [-0.15, -0.1) is 0 Å². The third kappa shape index (κ3) is 2.75. The highest BCUT2D eigenvalue weighted by Gasteiger charge is 2.24. The van der Waals surface area contributed by atoms with Gasteiger partial charge in [0, 0.05) is 12.1 Å². The van der Waals surface area contributed by atoms with E-state index in [0.29, 0.717) is 11.8 Å². The molecule has 2 atom stereocenters. The van der Waals surface area contributed by atoms with Crippen molar-refractivity contribution in [3.63, 3.8) is 0 Å². The van der Waals surface area contributed by atoms with Crippen molar-refractivity contribution in [3.05, 3.63) is 35.4 Å². The zero-order valence-corrected chi connectivity index (χ0v) is 10.7. The minimum Gasteiger partial charge on any atom is -0.306 e. The van der Waals surface area contributed by atoms with Gasteiger partial charge in [-0.25, -0.2) is 0 Å². The molecule has 0 spiro atoms. The molecule has 2 nitrogen and oxygen atoms in total. The van der Waals surface area contributed by atoms with E-state index in [2.05, 4.69) is 24.9 Å². The number of benzene rings is 1. The Morgan fingerprint density at radius 3 is 2.88 bits per heavy atom. The van der Waals surface area contributed by atoms with Crippen LogP contribution in [0.1, 0.15) is 41.6 Å². The number of aldehydes is 1. The maximum atomic E-state index is 11.1. The Hall–Kier alpha value is -1.15. The van der Waals surface area contributed by atoms with Gasteiger partial charge in [0.05, 0.1) is 0 Å². The highest BCUT2D eigenvalue weighted by Crippen LogP contribution is 2.32. The third-order valence-electron chi connectivity index (χ3n) is 3.98. The van der Waals surface area contributed by atoms with Gasteiger partial charge in [-0.3, -0.25) is 4.79 Å². The number of hydrogen-bond donors (Lipinski definition) is 0. The molecule has 0 aromatic heterocycles. The molecule has 1 aromatic carbocycles. The van der Waals surface area contributed by atoms with Gasteiger partial charge in [-0.2, -0.15) is 0 Å².